The summed E-state index contributed by atoms with van der Waals surface area (Å²) < 4.78 is 17.6. The predicted molar refractivity (Wildman–Crippen MR) is 131 cm³/mol. The molecule has 3 amide bonds. The van der Waals surface area contributed by atoms with E-state index in [9.17, 15) is 18.8 Å². The fraction of sp³-hybridized carbons (Fsp3) is 0.500. The summed E-state index contributed by atoms with van der Waals surface area (Å²) >= 11 is 0.817. The fourth-order valence-corrected chi connectivity index (χ4v) is 4.59. The molecular formula is C24H32FN5O3S. The van der Waals surface area contributed by atoms with Gasteiger partial charge < -0.3 is 16.4 Å². The Kier molecular flexibility index (Phi) is 8.98. The standard InChI is InChI=1S/C24H32FN5O3S/c1-15(2)12-13-27-19(31)14-30(18-10-8-16(25)9-11-18)24(33)22-20(26)21(29-34-22)23(32)28-17-6-4-3-5-7-17/h8-11,15,17H,3-7,12-14,26H2,1-2H3,(H,27,31)(H,28,32). The van der Waals surface area contributed by atoms with Gasteiger partial charge in [-0.3, -0.25) is 19.3 Å². The van der Waals surface area contributed by atoms with E-state index < -0.39 is 17.6 Å². The number of nitrogen functional groups attached to an aromatic ring is 1. The lowest BCUT2D eigenvalue weighted by Gasteiger charge is -2.23. The minimum absolute atomic E-state index is 0.0133. The van der Waals surface area contributed by atoms with E-state index in [1.807, 2.05) is 0 Å². The van der Waals surface area contributed by atoms with Gasteiger partial charge in [0, 0.05) is 18.3 Å². The van der Waals surface area contributed by atoms with Crippen molar-refractivity contribution in [1.29, 1.82) is 0 Å². The van der Waals surface area contributed by atoms with E-state index in [1.54, 1.807) is 0 Å². The molecule has 0 atom stereocenters. The number of benzene rings is 1. The molecule has 1 aromatic carbocycles. The summed E-state index contributed by atoms with van der Waals surface area (Å²) in [7, 11) is 0. The Hall–Kier alpha value is -3.01. The zero-order chi connectivity index (χ0) is 24.7. The van der Waals surface area contributed by atoms with E-state index >= 15 is 0 Å². The second-order valence-electron chi connectivity index (χ2n) is 8.98. The lowest BCUT2D eigenvalue weighted by Crippen LogP contribution is -2.41. The highest BCUT2D eigenvalue weighted by atomic mass is 32.1. The van der Waals surface area contributed by atoms with E-state index in [2.05, 4.69) is 28.9 Å². The summed E-state index contributed by atoms with van der Waals surface area (Å²) in [6, 6.07) is 5.34. The first-order valence-corrected chi connectivity index (χ1v) is 12.4. The van der Waals surface area contributed by atoms with Crippen LogP contribution in [-0.4, -0.2) is 41.2 Å². The van der Waals surface area contributed by atoms with Crippen LogP contribution < -0.4 is 21.3 Å². The number of nitrogens with two attached hydrogens (primary N) is 1. The van der Waals surface area contributed by atoms with Crippen molar-refractivity contribution >= 4 is 40.6 Å². The highest BCUT2D eigenvalue weighted by Crippen LogP contribution is 2.27. The number of carbonyl (C=O) groups excluding carboxylic acids is 3. The fourth-order valence-electron chi connectivity index (χ4n) is 3.84. The van der Waals surface area contributed by atoms with Crippen LogP contribution in [0, 0.1) is 11.7 Å². The van der Waals surface area contributed by atoms with Crippen molar-refractivity contribution in [3.63, 3.8) is 0 Å². The molecule has 0 radical (unpaired) electrons. The molecular weight excluding hydrogens is 457 g/mol. The topological polar surface area (TPSA) is 117 Å². The predicted octanol–water partition coefficient (Wildman–Crippen LogP) is 3.74. The summed E-state index contributed by atoms with van der Waals surface area (Å²) in [5.74, 6) is -1.37. The summed E-state index contributed by atoms with van der Waals surface area (Å²) in [5.41, 5.74) is 6.51. The summed E-state index contributed by atoms with van der Waals surface area (Å²) in [4.78, 5) is 40.0. The van der Waals surface area contributed by atoms with Gasteiger partial charge in [-0.05, 0) is 61.0 Å². The van der Waals surface area contributed by atoms with E-state index in [4.69, 9.17) is 5.73 Å². The van der Waals surface area contributed by atoms with Crippen LogP contribution in [-0.2, 0) is 4.79 Å². The quantitative estimate of drug-likeness (QED) is 0.496. The van der Waals surface area contributed by atoms with Crippen LogP contribution in [0.3, 0.4) is 0 Å². The number of carbonyl (C=O) groups is 3. The van der Waals surface area contributed by atoms with Gasteiger partial charge in [0.1, 0.15) is 17.2 Å². The monoisotopic (exact) mass is 489 g/mol. The highest BCUT2D eigenvalue weighted by molar-refractivity contribution is 7.09. The second kappa shape index (κ2) is 11.9. The number of hydrogen-bond acceptors (Lipinski definition) is 6. The normalized spacial score (nSPS) is 14.1. The van der Waals surface area contributed by atoms with E-state index in [1.165, 1.54) is 29.2 Å². The van der Waals surface area contributed by atoms with Gasteiger partial charge in [-0.1, -0.05) is 33.1 Å². The molecule has 0 unspecified atom stereocenters. The lowest BCUT2D eigenvalue weighted by molar-refractivity contribution is -0.119. The van der Waals surface area contributed by atoms with Crippen LogP contribution in [0.5, 0.6) is 0 Å². The van der Waals surface area contributed by atoms with Gasteiger partial charge in [0.15, 0.2) is 5.69 Å². The number of hydrogen-bond donors (Lipinski definition) is 3. The van der Waals surface area contributed by atoms with Crippen LogP contribution in [0.25, 0.3) is 0 Å². The van der Waals surface area contributed by atoms with Crippen molar-refractivity contribution in [2.24, 2.45) is 5.92 Å². The Balaban J connectivity index is 1.78. The SMILES string of the molecule is CC(C)CCNC(=O)CN(C(=O)c1snc(C(=O)NC2CCCCC2)c1N)c1ccc(F)cc1. The molecule has 3 rings (SSSR count). The third-order valence-corrected chi connectivity index (χ3v) is 6.66. The van der Waals surface area contributed by atoms with Crippen LogP contribution in [0.15, 0.2) is 24.3 Å². The number of halogens is 1. The van der Waals surface area contributed by atoms with Crippen LogP contribution in [0.1, 0.15) is 72.5 Å². The molecule has 1 saturated carbocycles. The third-order valence-electron chi connectivity index (χ3n) is 5.81. The molecule has 1 aliphatic rings. The van der Waals surface area contributed by atoms with Gasteiger partial charge in [0.05, 0.1) is 5.69 Å². The number of amides is 3. The number of anilines is 2. The highest BCUT2D eigenvalue weighted by Gasteiger charge is 2.29. The van der Waals surface area contributed by atoms with E-state index in [0.717, 1.165) is 50.1 Å². The molecule has 184 valence electrons. The molecule has 1 aromatic heterocycles. The average molecular weight is 490 g/mol. The average Bonchev–Trinajstić information content (AvgIpc) is 3.19. The maximum atomic E-state index is 13.5. The molecule has 2 aromatic rings. The summed E-state index contributed by atoms with van der Waals surface area (Å²) in [6.45, 7) is 4.31. The first-order valence-electron chi connectivity index (χ1n) is 11.7. The molecule has 10 heteroatoms. The zero-order valence-electron chi connectivity index (χ0n) is 19.6. The van der Waals surface area contributed by atoms with Crippen molar-refractivity contribution in [3.05, 3.63) is 40.7 Å². The van der Waals surface area contributed by atoms with Gasteiger partial charge in [0.2, 0.25) is 5.91 Å². The van der Waals surface area contributed by atoms with Crippen molar-refractivity contribution in [2.45, 2.75) is 58.4 Å². The van der Waals surface area contributed by atoms with E-state index in [0.29, 0.717) is 18.2 Å². The van der Waals surface area contributed by atoms with Crippen molar-refractivity contribution in [3.8, 4) is 0 Å². The van der Waals surface area contributed by atoms with Crippen molar-refractivity contribution in [2.75, 3.05) is 23.7 Å². The molecule has 0 aliphatic heterocycles. The third kappa shape index (κ3) is 6.75. The summed E-state index contributed by atoms with van der Waals surface area (Å²) in [6.07, 6.45) is 5.91. The molecule has 0 spiro atoms. The van der Waals surface area contributed by atoms with Gasteiger partial charge >= 0.3 is 0 Å². The largest absolute Gasteiger partial charge is 0.395 e. The Morgan fingerprint density at radius 1 is 1.18 bits per heavy atom. The minimum atomic E-state index is -0.572. The molecule has 4 N–H and O–H groups in total. The first-order chi connectivity index (χ1) is 16.3. The van der Waals surface area contributed by atoms with E-state index in [-0.39, 0.29) is 34.8 Å². The maximum Gasteiger partial charge on any atom is 0.273 e. The Morgan fingerprint density at radius 2 is 1.85 bits per heavy atom. The number of nitrogens with zero attached hydrogens (tertiary/aromatic N) is 2. The molecule has 0 saturated heterocycles. The van der Waals surface area contributed by atoms with Gasteiger partial charge in [-0.15, -0.1) is 0 Å². The maximum absolute atomic E-state index is 13.5. The van der Waals surface area contributed by atoms with Gasteiger partial charge in [-0.2, -0.15) is 4.37 Å². The van der Waals surface area contributed by atoms with Crippen molar-refractivity contribution < 1.29 is 18.8 Å². The first kappa shape index (κ1) is 25.6. The summed E-state index contributed by atoms with van der Waals surface area (Å²) in [5, 5.41) is 5.76. The zero-order valence-corrected chi connectivity index (χ0v) is 20.4. The number of aromatic nitrogens is 1. The molecule has 8 nitrogen and oxygen atoms in total. The Labute approximate surface area is 203 Å². The Bertz CT molecular complexity index is 1000. The van der Waals surface area contributed by atoms with Gasteiger partial charge in [-0.25, -0.2) is 4.39 Å². The molecule has 1 aliphatic carbocycles. The molecule has 34 heavy (non-hydrogen) atoms. The lowest BCUT2D eigenvalue weighted by atomic mass is 9.95. The second-order valence-corrected chi connectivity index (χ2v) is 9.76. The van der Waals surface area contributed by atoms with Crippen molar-refractivity contribution in [1.82, 2.24) is 15.0 Å². The molecule has 1 heterocycles. The van der Waals surface area contributed by atoms with Crippen LogP contribution >= 0.6 is 11.5 Å². The van der Waals surface area contributed by atoms with Crippen LogP contribution in [0.2, 0.25) is 0 Å². The number of rotatable bonds is 9. The minimum Gasteiger partial charge on any atom is -0.395 e. The molecule has 0 bridgehead atoms. The Morgan fingerprint density at radius 3 is 2.50 bits per heavy atom. The van der Waals surface area contributed by atoms with Crippen LogP contribution in [0.4, 0.5) is 15.8 Å². The molecule has 1 fully saturated rings. The van der Waals surface area contributed by atoms with Gasteiger partial charge in [0.25, 0.3) is 11.8 Å². The number of nitrogens with one attached hydrogen (secondary N) is 2. The smallest absolute Gasteiger partial charge is 0.273 e.